The van der Waals surface area contributed by atoms with Gasteiger partial charge in [-0.15, -0.1) is 0 Å². The lowest BCUT2D eigenvalue weighted by molar-refractivity contribution is 0.322. The van der Waals surface area contributed by atoms with E-state index < -0.39 is 0 Å². The first kappa shape index (κ1) is 10.2. The minimum absolute atomic E-state index is 0.0739. The van der Waals surface area contributed by atoms with Gasteiger partial charge in [-0.25, -0.2) is 9.97 Å². The van der Waals surface area contributed by atoms with Crippen molar-refractivity contribution in [3.05, 3.63) is 16.2 Å². The average Bonchev–Trinajstić information content (AvgIpc) is 2.57. The van der Waals surface area contributed by atoms with Crippen LogP contribution in [0.15, 0.2) is 9.95 Å². The molecule has 0 aliphatic heterocycles. The molecule has 0 unspecified atom stereocenters. The van der Waals surface area contributed by atoms with Crippen LogP contribution in [0, 0.1) is 6.92 Å². The van der Waals surface area contributed by atoms with Gasteiger partial charge in [0.25, 0.3) is 5.56 Å². The van der Waals surface area contributed by atoms with Crippen molar-refractivity contribution in [1.82, 2.24) is 19.9 Å². The molecule has 0 radical (unpaired) electrons. The fraction of sp³-hybridized carbons (Fsp3) is 0.375. The van der Waals surface area contributed by atoms with Crippen molar-refractivity contribution in [3.8, 4) is 0 Å². The van der Waals surface area contributed by atoms with Crippen molar-refractivity contribution in [2.75, 3.05) is 12.4 Å². The average molecular weight is 226 g/mol. The topological polar surface area (TPSA) is 94.7 Å². The third-order valence-corrected chi connectivity index (χ3v) is 2.64. The van der Waals surface area contributed by atoms with Gasteiger partial charge in [0.05, 0.1) is 6.61 Å². The quantitative estimate of drug-likeness (QED) is 0.642. The second-order valence-electron chi connectivity index (χ2n) is 2.96. The summed E-state index contributed by atoms with van der Waals surface area (Å²) in [7, 11) is 0. The molecule has 2 rings (SSSR count). The first-order valence-corrected chi connectivity index (χ1v) is 5.39. The SMILES string of the molecule is Cc1nc2nc(SCCO)[nH]c2c(=O)[nH]1. The first-order chi connectivity index (χ1) is 7.20. The van der Waals surface area contributed by atoms with E-state index in [-0.39, 0.29) is 12.2 Å². The largest absolute Gasteiger partial charge is 0.396 e. The first-order valence-electron chi connectivity index (χ1n) is 4.41. The van der Waals surface area contributed by atoms with Crippen molar-refractivity contribution in [2.45, 2.75) is 12.1 Å². The highest BCUT2D eigenvalue weighted by atomic mass is 32.2. The van der Waals surface area contributed by atoms with Crippen molar-refractivity contribution in [3.63, 3.8) is 0 Å². The van der Waals surface area contributed by atoms with Crippen molar-refractivity contribution in [1.29, 1.82) is 0 Å². The standard InChI is InChI=1S/C8H10N4O2S/c1-4-9-6-5(7(14)10-4)11-8(12-6)15-3-2-13/h13H,2-3H2,1H3,(H2,9,10,11,12,14). The van der Waals surface area contributed by atoms with Crippen molar-refractivity contribution in [2.24, 2.45) is 0 Å². The van der Waals surface area contributed by atoms with Crippen LogP contribution in [0.25, 0.3) is 11.2 Å². The Kier molecular flexibility index (Phi) is 2.74. The van der Waals surface area contributed by atoms with Gasteiger partial charge in [0.15, 0.2) is 16.3 Å². The molecule has 0 saturated heterocycles. The molecule has 2 aromatic rings. The van der Waals surface area contributed by atoms with E-state index in [1.165, 1.54) is 11.8 Å². The molecule has 0 saturated carbocycles. The molecule has 0 spiro atoms. The van der Waals surface area contributed by atoms with E-state index >= 15 is 0 Å². The van der Waals surface area contributed by atoms with Gasteiger partial charge >= 0.3 is 0 Å². The molecule has 0 bridgehead atoms. The van der Waals surface area contributed by atoms with Gasteiger partial charge < -0.3 is 15.1 Å². The number of aliphatic hydroxyl groups excluding tert-OH is 1. The van der Waals surface area contributed by atoms with Crippen molar-refractivity contribution < 1.29 is 5.11 Å². The Morgan fingerprint density at radius 3 is 2.93 bits per heavy atom. The third kappa shape index (κ3) is 2.02. The summed E-state index contributed by atoms with van der Waals surface area (Å²) in [5.41, 5.74) is 0.568. The molecule has 0 fully saturated rings. The lowest BCUT2D eigenvalue weighted by Gasteiger charge is -1.89. The maximum atomic E-state index is 11.5. The molecule has 0 aromatic carbocycles. The number of thioether (sulfide) groups is 1. The Balaban J connectivity index is 2.46. The van der Waals surface area contributed by atoms with Gasteiger partial charge in [0.2, 0.25) is 0 Å². The molecule has 2 aromatic heterocycles. The van der Waals surface area contributed by atoms with E-state index in [0.717, 1.165) is 0 Å². The summed E-state index contributed by atoms with van der Waals surface area (Å²) in [6, 6.07) is 0. The second kappa shape index (κ2) is 4.03. The highest BCUT2D eigenvalue weighted by Crippen LogP contribution is 2.15. The maximum absolute atomic E-state index is 11.5. The lowest BCUT2D eigenvalue weighted by atomic mass is 10.5. The zero-order valence-electron chi connectivity index (χ0n) is 8.07. The molecule has 15 heavy (non-hydrogen) atoms. The predicted molar refractivity (Wildman–Crippen MR) is 57.1 cm³/mol. The zero-order chi connectivity index (χ0) is 10.8. The number of aromatic nitrogens is 4. The molecule has 6 nitrogen and oxygen atoms in total. The minimum atomic E-state index is -0.221. The fourth-order valence-corrected chi connectivity index (χ4v) is 1.82. The molecule has 0 aliphatic carbocycles. The highest BCUT2D eigenvalue weighted by Gasteiger charge is 2.07. The number of nitrogens with zero attached hydrogens (tertiary/aromatic N) is 2. The zero-order valence-corrected chi connectivity index (χ0v) is 8.89. The third-order valence-electron chi connectivity index (χ3n) is 1.79. The molecular weight excluding hydrogens is 216 g/mol. The van der Waals surface area contributed by atoms with Crippen LogP contribution in [0.1, 0.15) is 5.82 Å². The van der Waals surface area contributed by atoms with E-state index in [4.69, 9.17) is 5.11 Å². The van der Waals surface area contributed by atoms with Gasteiger partial charge in [-0.1, -0.05) is 11.8 Å². The fourth-order valence-electron chi connectivity index (χ4n) is 1.21. The Hall–Kier alpha value is -1.34. The number of nitrogens with one attached hydrogen (secondary N) is 2. The minimum Gasteiger partial charge on any atom is -0.396 e. The maximum Gasteiger partial charge on any atom is 0.276 e. The second-order valence-corrected chi connectivity index (χ2v) is 4.05. The van der Waals surface area contributed by atoms with E-state index in [1.807, 2.05) is 0 Å². The van der Waals surface area contributed by atoms with Crippen LogP contribution in [-0.2, 0) is 0 Å². The molecule has 0 amide bonds. The number of hydrogen-bond acceptors (Lipinski definition) is 5. The lowest BCUT2D eigenvalue weighted by Crippen LogP contribution is -2.09. The van der Waals surface area contributed by atoms with Gasteiger partial charge in [0.1, 0.15) is 5.82 Å². The summed E-state index contributed by atoms with van der Waals surface area (Å²) in [5.74, 6) is 1.08. The molecule has 7 heteroatoms. The summed E-state index contributed by atoms with van der Waals surface area (Å²) >= 11 is 1.35. The molecule has 0 aliphatic rings. The Morgan fingerprint density at radius 2 is 2.20 bits per heavy atom. The van der Waals surface area contributed by atoms with E-state index in [1.54, 1.807) is 6.92 Å². The Bertz CT molecular complexity index is 533. The van der Waals surface area contributed by atoms with Crippen LogP contribution < -0.4 is 5.56 Å². The summed E-state index contributed by atoms with van der Waals surface area (Å²) < 4.78 is 0. The molecule has 2 heterocycles. The molecule has 0 atom stereocenters. The Labute approximate surface area is 89.2 Å². The van der Waals surface area contributed by atoms with E-state index in [2.05, 4.69) is 19.9 Å². The number of fused-ring (bicyclic) bond motifs is 1. The van der Waals surface area contributed by atoms with Gasteiger partial charge in [-0.3, -0.25) is 4.79 Å². The normalized spacial score (nSPS) is 11.1. The van der Waals surface area contributed by atoms with Crippen LogP contribution in [0.2, 0.25) is 0 Å². The number of rotatable bonds is 3. The molecule has 80 valence electrons. The van der Waals surface area contributed by atoms with Gasteiger partial charge in [-0.05, 0) is 6.92 Å². The van der Waals surface area contributed by atoms with E-state index in [9.17, 15) is 4.79 Å². The number of aryl methyl sites for hydroxylation is 1. The number of H-pyrrole nitrogens is 2. The van der Waals surface area contributed by atoms with Crippen LogP contribution >= 0.6 is 11.8 Å². The monoisotopic (exact) mass is 226 g/mol. The number of aromatic amines is 2. The van der Waals surface area contributed by atoms with E-state index in [0.29, 0.717) is 27.9 Å². The summed E-state index contributed by atoms with van der Waals surface area (Å²) in [6.07, 6.45) is 0. The summed E-state index contributed by atoms with van der Waals surface area (Å²) in [4.78, 5) is 25.1. The van der Waals surface area contributed by atoms with Crippen LogP contribution in [-0.4, -0.2) is 37.4 Å². The number of aliphatic hydroxyl groups is 1. The molecule has 3 N–H and O–H groups in total. The summed E-state index contributed by atoms with van der Waals surface area (Å²) in [6.45, 7) is 1.78. The van der Waals surface area contributed by atoms with Crippen LogP contribution in [0.4, 0.5) is 0 Å². The summed E-state index contributed by atoms with van der Waals surface area (Å²) in [5, 5.41) is 9.25. The van der Waals surface area contributed by atoms with Gasteiger partial charge in [-0.2, -0.15) is 0 Å². The van der Waals surface area contributed by atoms with Crippen LogP contribution in [0.5, 0.6) is 0 Å². The molecular formula is C8H10N4O2S. The van der Waals surface area contributed by atoms with Gasteiger partial charge in [0, 0.05) is 5.75 Å². The smallest absolute Gasteiger partial charge is 0.276 e. The Morgan fingerprint density at radius 1 is 1.40 bits per heavy atom. The van der Waals surface area contributed by atoms with Crippen LogP contribution in [0.3, 0.4) is 0 Å². The number of imidazole rings is 1. The highest BCUT2D eigenvalue weighted by molar-refractivity contribution is 7.99. The number of hydrogen-bond donors (Lipinski definition) is 3. The predicted octanol–water partition coefficient (Wildman–Crippen LogP) is 0.0390. The van der Waals surface area contributed by atoms with Crippen molar-refractivity contribution >= 4 is 22.9 Å².